The summed E-state index contributed by atoms with van der Waals surface area (Å²) in [7, 11) is 1.90. The summed E-state index contributed by atoms with van der Waals surface area (Å²) in [4.78, 5) is 4.14. The Hall–Kier alpha value is -0.610. The fraction of sp³-hybridized carbons (Fsp3) is 0.800. The second-order valence-corrected chi connectivity index (χ2v) is 4.88. The molecule has 0 saturated heterocycles. The summed E-state index contributed by atoms with van der Waals surface area (Å²) in [5, 5.41) is 7.38. The number of nitrogens with one attached hydrogen (secondary N) is 1. The van der Waals surface area contributed by atoms with Crippen molar-refractivity contribution in [1.82, 2.24) is 20.1 Å². The molecule has 0 bridgehead atoms. The first-order chi connectivity index (χ1) is 7.05. The van der Waals surface area contributed by atoms with Gasteiger partial charge < -0.3 is 5.32 Å². The highest BCUT2D eigenvalue weighted by molar-refractivity contribution is 6.17. The number of hydrogen-bond donors (Lipinski definition) is 1. The highest BCUT2D eigenvalue weighted by atomic mass is 35.5. The molecule has 1 aromatic rings. The maximum Gasteiger partial charge on any atom is 0.140 e. The van der Waals surface area contributed by atoms with Gasteiger partial charge in [0.25, 0.3) is 0 Å². The molecule has 0 radical (unpaired) electrons. The maximum atomic E-state index is 5.74. The Morgan fingerprint density at radius 1 is 1.53 bits per heavy atom. The molecule has 5 heteroatoms. The van der Waals surface area contributed by atoms with Crippen LogP contribution in [0.5, 0.6) is 0 Å². The van der Waals surface area contributed by atoms with E-state index < -0.39 is 0 Å². The van der Waals surface area contributed by atoms with Gasteiger partial charge in [-0.2, -0.15) is 5.10 Å². The van der Waals surface area contributed by atoms with Gasteiger partial charge >= 0.3 is 0 Å². The Balaban J connectivity index is 2.30. The SMILES string of the molecule is Cn1ncnc1CNCC(C)(C)CCCl. The van der Waals surface area contributed by atoms with E-state index in [4.69, 9.17) is 11.6 Å². The first kappa shape index (κ1) is 12.5. The topological polar surface area (TPSA) is 42.7 Å². The molecule has 0 fully saturated rings. The molecule has 0 spiro atoms. The third-order valence-electron chi connectivity index (χ3n) is 2.46. The van der Waals surface area contributed by atoms with Crippen LogP contribution in [0, 0.1) is 5.41 Å². The van der Waals surface area contributed by atoms with Crippen LogP contribution in [0.1, 0.15) is 26.1 Å². The van der Waals surface area contributed by atoms with E-state index in [1.54, 1.807) is 11.0 Å². The zero-order valence-corrected chi connectivity index (χ0v) is 10.4. The van der Waals surface area contributed by atoms with Crippen LogP contribution >= 0.6 is 11.6 Å². The normalized spacial score (nSPS) is 12.0. The predicted molar refractivity (Wildman–Crippen MR) is 61.8 cm³/mol. The van der Waals surface area contributed by atoms with E-state index in [1.165, 1.54) is 0 Å². The number of aryl methyl sites for hydroxylation is 1. The molecule has 0 unspecified atom stereocenters. The van der Waals surface area contributed by atoms with Crippen LogP contribution < -0.4 is 5.32 Å². The van der Waals surface area contributed by atoms with Crippen molar-refractivity contribution in [2.45, 2.75) is 26.8 Å². The summed E-state index contributed by atoms with van der Waals surface area (Å²) in [5.74, 6) is 1.66. The summed E-state index contributed by atoms with van der Waals surface area (Å²) in [6, 6.07) is 0. The highest BCUT2D eigenvalue weighted by Gasteiger charge is 2.16. The van der Waals surface area contributed by atoms with Crippen LogP contribution in [-0.2, 0) is 13.6 Å². The van der Waals surface area contributed by atoms with Crippen LogP contribution in [0.3, 0.4) is 0 Å². The zero-order valence-electron chi connectivity index (χ0n) is 9.63. The summed E-state index contributed by atoms with van der Waals surface area (Å²) in [6.45, 7) is 6.10. The van der Waals surface area contributed by atoms with Gasteiger partial charge in [-0.25, -0.2) is 4.98 Å². The lowest BCUT2D eigenvalue weighted by Gasteiger charge is -2.23. The van der Waals surface area contributed by atoms with E-state index in [2.05, 4.69) is 29.2 Å². The molecule has 0 aliphatic carbocycles. The number of aromatic nitrogens is 3. The molecule has 1 N–H and O–H groups in total. The monoisotopic (exact) mass is 230 g/mol. The third kappa shape index (κ3) is 4.18. The molecule has 0 amide bonds. The van der Waals surface area contributed by atoms with Gasteiger partial charge in [-0.1, -0.05) is 13.8 Å². The first-order valence-electron chi connectivity index (χ1n) is 5.15. The second-order valence-electron chi connectivity index (χ2n) is 4.51. The molecule has 1 heterocycles. The van der Waals surface area contributed by atoms with Crippen LogP contribution in [0.2, 0.25) is 0 Å². The predicted octanol–water partition coefficient (Wildman–Crippen LogP) is 1.56. The Kier molecular flexibility index (Phi) is 4.54. The quantitative estimate of drug-likeness (QED) is 0.755. The molecule has 86 valence electrons. The van der Waals surface area contributed by atoms with E-state index in [9.17, 15) is 0 Å². The lowest BCUT2D eigenvalue weighted by molar-refractivity contribution is 0.327. The number of alkyl halides is 1. The fourth-order valence-electron chi connectivity index (χ4n) is 1.34. The third-order valence-corrected chi connectivity index (χ3v) is 2.65. The molecule has 0 aliphatic heterocycles. The van der Waals surface area contributed by atoms with Crippen LogP contribution in [0.15, 0.2) is 6.33 Å². The molecular weight excluding hydrogens is 212 g/mol. The minimum atomic E-state index is 0.236. The van der Waals surface area contributed by atoms with Crippen molar-refractivity contribution in [2.24, 2.45) is 12.5 Å². The van der Waals surface area contributed by atoms with Crippen molar-refractivity contribution in [2.75, 3.05) is 12.4 Å². The van der Waals surface area contributed by atoms with Crippen molar-refractivity contribution in [1.29, 1.82) is 0 Å². The average Bonchev–Trinajstić information content (AvgIpc) is 2.51. The van der Waals surface area contributed by atoms with Gasteiger partial charge in [0.2, 0.25) is 0 Å². The number of nitrogens with zero attached hydrogens (tertiary/aromatic N) is 3. The lowest BCUT2D eigenvalue weighted by Crippen LogP contribution is -2.30. The van der Waals surface area contributed by atoms with Crippen LogP contribution in [-0.4, -0.2) is 27.2 Å². The maximum absolute atomic E-state index is 5.74. The van der Waals surface area contributed by atoms with Crippen molar-refractivity contribution in [3.63, 3.8) is 0 Å². The van der Waals surface area contributed by atoms with E-state index in [1.807, 2.05) is 7.05 Å². The van der Waals surface area contributed by atoms with Crippen molar-refractivity contribution in [3.05, 3.63) is 12.2 Å². The number of halogens is 1. The summed E-state index contributed by atoms with van der Waals surface area (Å²) in [6.07, 6.45) is 2.58. The Labute approximate surface area is 96.0 Å². The summed E-state index contributed by atoms with van der Waals surface area (Å²) >= 11 is 5.74. The van der Waals surface area contributed by atoms with E-state index in [0.29, 0.717) is 5.88 Å². The van der Waals surface area contributed by atoms with E-state index >= 15 is 0 Å². The van der Waals surface area contributed by atoms with Gasteiger partial charge in [0.1, 0.15) is 12.2 Å². The number of hydrogen-bond acceptors (Lipinski definition) is 3. The molecule has 1 aromatic heterocycles. The van der Waals surface area contributed by atoms with Gasteiger partial charge in [-0.3, -0.25) is 4.68 Å². The van der Waals surface area contributed by atoms with E-state index in [0.717, 1.165) is 25.3 Å². The molecule has 15 heavy (non-hydrogen) atoms. The Morgan fingerprint density at radius 2 is 2.27 bits per heavy atom. The molecular formula is C10H19ClN4. The molecule has 0 aliphatic rings. The fourth-order valence-corrected chi connectivity index (χ4v) is 1.85. The van der Waals surface area contributed by atoms with Gasteiger partial charge in [0.15, 0.2) is 0 Å². The average molecular weight is 231 g/mol. The summed E-state index contributed by atoms with van der Waals surface area (Å²) in [5.41, 5.74) is 0.236. The van der Waals surface area contributed by atoms with Crippen molar-refractivity contribution in [3.8, 4) is 0 Å². The van der Waals surface area contributed by atoms with Crippen molar-refractivity contribution < 1.29 is 0 Å². The van der Waals surface area contributed by atoms with Crippen LogP contribution in [0.4, 0.5) is 0 Å². The largest absolute Gasteiger partial charge is 0.309 e. The Bertz CT molecular complexity index is 295. The number of rotatable bonds is 6. The molecule has 0 saturated carbocycles. The summed E-state index contributed by atoms with van der Waals surface area (Å²) < 4.78 is 1.78. The molecule has 4 nitrogen and oxygen atoms in total. The Morgan fingerprint density at radius 3 is 2.80 bits per heavy atom. The molecule has 0 atom stereocenters. The van der Waals surface area contributed by atoms with Gasteiger partial charge in [-0.15, -0.1) is 11.6 Å². The minimum absolute atomic E-state index is 0.236. The molecule has 1 rings (SSSR count). The van der Waals surface area contributed by atoms with Gasteiger partial charge in [0.05, 0.1) is 6.54 Å². The standard InChI is InChI=1S/C10H19ClN4/c1-10(2,4-5-11)7-12-6-9-13-8-14-15(9)3/h8,12H,4-7H2,1-3H3. The van der Waals surface area contributed by atoms with E-state index in [-0.39, 0.29) is 5.41 Å². The second kappa shape index (κ2) is 5.47. The smallest absolute Gasteiger partial charge is 0.140 e. The minimum Gasteiger partial charge on any atom is -0.309 e. The zero-order chi connectivity index (χ0) is 11.3. The van der Waals surface area contributed by atoms with Gasteiger partial charge in [-0.05, 0) is 11.8 Å². The lowest BCUT2D eigenvalue weighted by atomic mass is 9.90. The first-order valence-corrected chi connectivity index (χ1v) is 5.68. The highest BCUT2D eigenvalue weighted by Crippen LogP contribution is 2.19. The van der Waals surface area contributed by atoms with Crippen LogP contribution in [0.25, 0.3) is 0 Å². The molecule has 0 aromatic carbocycles. The van der Waals surface area contributed by atoms with Gasteiger partial charge in [0, 0.05) is 19.5 Å². The van der Waals surface area contributed by atoms with Crippen molar-refractivity contribution >= 4 is 11.6 Å².